The predicted molar refractivity (Wildman–Crippen MR) is 61.0 cm³/mol. The number of rotatable bonds is 5. The molecule has 0 amide bonds. The Morgan fingerprint density at radius 1 is 1.56 bits per heavy atom. The van der Waals surface area contributed by atoms with Crippen molar-refractivity contribution in [2.75, 3.05) is 18.5 Å². The van der Waals surface area contributed by atoms with Gasteiger partial charge < -0.3 is 15.4 Å². The number of anilines is 1. The molecule has 0 aliphatic carbocycles. The molecular formula is C10H15N5O. The van der Waals surface area contributed by atoms with E-state index in [-0.39, 0.29) is 18.8 Å². The highest BCUT2D eigenvalue weighted by atomic mass is 16.3. The lowest BCUT2D eigenvalue weighted by Gasteiger charge is -2.09. The van der Waals surface area contributed by atoms with Gasteiger partial charge in [-0.1, -0.05) is 6.92 Å². The van der Waals surface area contributed by atoms with Gasteiger partial charge in [0.1, 0.15) is 13.2 Å². The van der Waals surface area contributed by atoms with Crippen molar-refractivity contribution < 1.29 is 6.48 Å². The Kier molecular flexibility index (Phi) is 2.91. The molecule has 16 heavy (non-hydrogen) atoms. The van der Waals surface area contributed by atoms with Gasteiger partial charge in [0.05, 0.1) is 6.33 Å². The number of aliphatic hydroxyl groups excluding tert-OH is 1. The van der Waals surface area contributed by atoms with Crippen molar-refractivity contribution in [3.05, 3.63) is 12.6 Å². The minimum Gasteiger partial charge on any atom is -0.396 e. The summed E-state index contributed by atoms with van der Waals surface area (Å²) < 4.78 is 7.46. The molecule has 0 aliphatic heterocycles. The molecule has 0 saturated heterocycles. The number of hydrogen-bond donors (Lipinski definition) is 3. The number of nitrogens with zero attached hydrogens (tertiary/aromatic N) is 3. The van der Waals surface area contributed by atoms with Gasteiger partial charge >= 0.3 is 0 Å². The Hall–Kier alpha value is -1.69. The lowest BCUT2D eigenvalue weighted by Crippen LogP contribution is -2.10. The molecule has 2 aromatic rings. The molecule has 0 radical (unpaired) electrons. The zero-order valence-corrected chi connectivity index (χ0v) is 9.06. The Balaban J connectivity index is 2.09. The lowest BCUT2D eigenvalue weighted by molar-refractivity contribution is 0.233. The minimum atomic E-state index is -0.0534. The number of fused-ring (bicyclic) bond motifs is 1. The van der Waals surface area contributed by atoms with Crippen molar-refractivity contribution in [1.82, 2.24) is 19.9 Å². The van der Waals surface area contributed by atoms with Crippen LogP contribution >= 0.6 is 0 Å². The molecule has 0 fully saturated rings. The summed E-state index contributed by atoms with van der Waals surface area (Å²) in [5, 5.41) is 12.0. The van der Waals surface area contributed by atoms with Crippen LogP contribution < -0.4 is 5.32 Å². The number of imidazole rings is 1. The maximum Gasteiger partial charge on any atom is 0.182 e. The first kappa shape index (κ1) is 9.53. The third-order valence-electron chi connectivity index (χ3n) is 2.42. The maximum atomic E-state index is 8.92. The summed E-state index contributed by atoms with van der Waals surface area (Å²) in [5.74, 6) is 0.833. The van der Waals surface area contributed by atoms with E-state index in [1.54, 1.807) is 0 Å². The van der Waals surface area contributed by atoms with Gasteiger partial charge in [0.25, 0.3) is 0 Å². The van der Waals surface area contributed by atoms with Crippen LogP contribution in [0.1, 0.15) is 14.7 Å². The van der Waals surface area contributed by atoms with E-state index >= 15 is 0 Å². The summed E-state index contributed by atoms with van der Waals surface area (Å²) in [4.78, 5) is 14.8. The first-order valence-electron chi connectivity index (χ1n) is 5.73. The summed E-state index contributed by atoms with van der Waals surface area (Å²) in [5.41, 5.74) is 1.19. The number of aliphatic hydroxyl groups is 1. The first-order valence-corrected chi connectivity index (χ1v) is 5.23. The van der Waals surface area contributed by atoms with Crippen LogP contribution in [0.25, 0.3) is 11.2 Å². The predicted octanol–water partition coefficient (Wildman–Crippen LogP) is 0.783. The maximum absolute atomic E-state index is 8.92. The van der Waals surface area contributed by atoms with Crippen LogP contribution in [0.2, 0.25) is 0 Å². The minimum absolute atomic E-state index is 0.0534. The van der Waals surface area contributed by atoms with Gasteiger partial charge in [0.2, 0.25) is 0 Å². The molecular weight excluding hydrogens is 206 g/mol. The average molecular weight is 223 g/mol. The Morgan fingerprint density at radius 2 is 2.44 bits per heavy atom. The summed E-state index contributed by atoms with van der Waals surface area (Å²) in [6.45, 7) is 2.84. The molecule has 1 atom stereocenters. The van der Waals surface area contributed by atoms with E-state index in [2.05, 4.69) is 25.3 Å². The molecule has 6 heteroatoms. The normalized spacial score (nSPS) is 13.8. The highest BCUT2D eigenvalue weighted by molar-refractivity contribution is 5.81. The van der Waals surface area contributed by atoms with Crippen LogP contribution in [0, 0.1) is 5.92 Å². The van der Waals surface area contributed by atoms with Crippen LogP contribution in [0.3, 0.4) is 0 Å². The first-order chi connectivity index (χ1) is 8.20. The third-order valence-corrected chi connectivity index (χ3v) is 2.42. The van der Waals surface area contributed by atoms with E-state index < -0.39 is 0 Å². The number of H-pyrrole nitrogens is 1. The smallest absolute Gasteiger partial charge is 0.182 e. The summed E-state index contributed by atoms with van der Waals surface area (Å²) in [6.07, 6.45) is 2.31. The standard InChI is InChI=1S/C10H15N5O/c1-7(4-16)2-3-11-9-8-10(13-5-12-8)15-6-14-9/h5-7,16H,2-4H2,1H3,(H2,11,12,13,14,15)/i6T. The van der Waals surface area contributed by atoms with Crippen LogP contribution in [0.4, 0.5) is 5.82 Å². The fraction of sp³-hybridized carbons (Fsp3) is 0.500. The van der Waals surface area contributed by atoms with Crippen LogP contribution in [-0.2, 0) is 0 Å². The molecule has 2 aromatic heterocycles. The average Bonchev–Trinajstić information content (AvgIpc) is 2.76. The zero-order valence-electron chi connectivity index (χ0n) is 10.1. The van der Waals surface area contributed by atoms with E-state index in [1.165, 1.54) is 6.33 Å². The SMILES string of the molecule is [3H]c1nc(NCCC(C)CO)c2[nH]cnc2n1. The molecule has 0 saturated carbocycles. The number of aromatic nitrogens is 4. The second kappa shape index (κ2) is 4.89. The van der Waals surface area contributed by atoms with E-state index in [0.29, 0.717) is 23.5 Å². The molecule has 2 rings (SSSR count). The van der Waals surface area contributed by atoms with Crippen molar-refractivity contribution in [2.45, 2.75) is 13.3 Å². The topological polar surface area (TPSA) is 86.7 Å². The molecule has 6 nitrogen and oxygen atoms in total. The molecule has 2 heterocycles. The van der Waals surface area contributed by atoms with Crippen LogP contribution in [0.5, 0.6) is 0 Å². The third kappa shape index (κ3) is 2.27. The fourth-order valence-electron chi connectivity index (χ4n) is 1.38. The summed E-state index contributed by atoms with van der Waals surface area (Å²) in [7, 11) is 0. The van der Waals surface area contributed by atoms with Gasteiger partial charge in [-0.15, -0.1) is 0 Å². The van der Waals surface area contributed by atoms with E-state index in [0.717, 1.165) is 6.42 Å². The number of hydrogen-bond acceptors (Lipinski definition) is 5. The lowest BCUT2D eigenvalue weighted by atomic mass is 10.1. The molecule has 0 bridgehead atoms. The monoisotopic (exact) mass is 223 g/mol. The van der Waals surface area contributed by atoms with Gasteiger partial charge in [-0.3, -0.25) is 0 Å². The fourth-order valence-corrected chi connectivity index (χ4v) is 1.38. The Morgan fingerprint density at radius 3 is 3.25 bits per heavy atom. The molecule has 0 spiro atoms. The summed E-state index contributed by atoms with van der Waals surface area (Å²) in [6, 6.07) is 0. The van der Waals surface area contributed by atoms with Gasteiger partial charge in [0.15, 0.2) is 11.5 Å². The highest BCUT2D eigenvalue weighted by Gasteiger charge is 2.05. The van der Waals surface area contributed by atoms with Crippen molar-refractivity contribution in [1.29, 1.82) is 0 Å². The Bertz CT molecular complexity index is 500. The van der Waals surface area contributed by atoms with Gasteiger partial charge in [-0.05, 0) is 12.3 Å². The molecule has 0 aromatic carbocycles. The highest BCUT2D eigenvalue weighted by Crippen LogP contribution is 2.14. The quantitative estimate of drug-likeness (QED) is 0.697. The number of nitrogens with one attached hydrogen (secondary N) is 2. The van der Waals surface area contributed by atoms with E-state index in [4.69, 9.17) is 6.48 Å². The van der Waals surface area contributed by atoms with Crippen molar-refractivity contribution >= 4 is 17.0 Å². The molecule has 1 unspecified atom stereocenters. The second-order valence-corrected chi connectivity index (χ2v) is 3.78. The van der Waals surface area contributed by atoms with Crippen molar-refractivity contribution in [3.8, 4) is 0 Å². The van der Waals surface area contributed by atoms with E-state index in [9.17, 15) is 0 Å². The van der Waals surface area contributed by atoms with Crippen molar-refractivity contribution in [3.63, 3.8) is 0 Å². The molecule has 86 valence electrons. The van der Waals surface area contributed by atoms with Gasteiger partial charge in [0, 0.05) is 13.2 Å². The molecule has 0 aliphatic rings. The van der Waals surface area contributed by atoms with Crippen LogP contribution in [-0.4, -0.2) is 38.2 Å². The Labute approximate surface area is 94.6 Å². The zero-order chi connectivity index (χ0) is 12.3. The molecule has 3 N–H and O–H groups in total. The largest absolute Gasteiger partial charge is 0.396 e. The summed E-state index contributed by atoms with van der Waals surface area (Å²) >= 11 is 0. The van der Waals surface area contributed by atoms with Gasteiger partial charge in [-0.25, -0.2) is 15.0 Å². The number of aromatic amines is 1. The van der Waals surface area contributed by atoms with Crippen molar-refractivity contribution in [2.24, 2.45) is 5.92 Å². The second-order valence-electron chi connectivity index (χ2n) is 3.78. The van der Waals surface area contributed by atoms with Crippen LogP contribution in [0.15, 0.2) is 12.6 Å². The van der Waals surface area contributed by atoms with Gasteiger partial charge in [-0.2, -0.15) is 0 Å². The van der Waals surface area contributed by atoms with E-state index in [1.807, 2.05) is 6.92 Å².